The average molecular weight is 434 g/mol. The standard InChI is InChI=1S/C29H27N3O/c1-20(27-7-5-6-25-18-26(31(2)3)16-17-28(25)27)32(4)29(33)24-14-12-23(13-15-24)22-10-8-21(19-30)9-11-22/h5-18,20H,1-4H3. The summed E-state index contributed by atoms with van der Waals surface area (Å²) in [5.74, 6) is -0.0178. The van der Waals surface area contributed by atoms with E-state index in [0.29, 0.717) is 11.1 Å². The number of benzene rings is 4. The van der Waals surface area contributed by atoms with Gasteiger partial charge in [0.1, 0.15) is 0 Å². The number of anilines is 1. The van der Waals surface area contributed by atoms with Crippen LogP contribution in [0.3, 0.4) is 0 Å². The third-order valence-electron chi connectivity index (χ3n) is 6.24. The van der Waals surface area contributed by atoms with Crippen LogP contribution in [0.5, 0.6) is 0 Å². The fourth-order valence-corrected chi connectivity index (χ4v) is 4.07. The number of hydrogen-bond donors (Lipinski definition) is 0. The van der Waals surface area contributed by atoms with Crippen molar-refractivity contribution < 1.29 is 4.79 Å². The van der Waals surface area contributed by atoms with Crippen molar-refractivity contribution in [2.45, 2.75) is 13.0 Å². The quantitative estimate of drug-likeness (QED) is 0.372. The molecule has 4 heteroatoms. The molecular formula is C29H27N3O. The second-order valence-electron chi connectivity index (χ2n) is 8.51. The van der Waals surface area contributed by atoms with E-state index in [1.54, 1.807) is 17.0 Å². The first-order valence-corrected chi connectivity index (χ1v) is 11.0. The number of fused-ring (bicyclic) bond motifs is 1. The lowest BCUT2D eigenvalue weighted by atomic mass is 9.97. The van der Waals surface area contributed by atoms with Crippen molar-refractivity contribution in [1.29, 1.82) is 5.26 Å². The second kappa shape index (κ2) is 9.18. The van der Waals surface area contributed by atoms with Crippen LogP contribution in [-0.2, 0) is 0 Å². The first-order chi connectivity index (χ1) is 15.9. The lowest BCUT2D eigenvalue weighted by Crippen LogP contribution is -2.29. The summed E-state index contributed by atoms with van der Waals surface area (Å²) in [6.45, 7) is 2.07. The van der Waals surface area contributed by atoms with Gasteiger partial charge >= 0.3 is 0 Å². The highest BCUT2D eigenvalue weighted by molar-refractivity contribution is 5.95. The van der Waals surface area contributed by atoms with Gasteiger partial charge in [0.15, 0.2) is 0 Å². The summed E-state index contributed by atoms with van der Waals surface area (Å²) in [5, 5.41) is 11.3. The lowest BCUT2D eigenvalue weighted by molar-refractivity contribution is 0.0743. The SMILES string of the molecule is CC(c1cccc2cc(N(C)C)ccc12)N(C)C(=O)c1ccc(-c2ccc(C#N)cc2)cc1. The van der Waals surface area contributed by atoms with E-state index in [1.165, 1.54) is 0 Å². The van der Waals surface area contributed by atoms with Gasteiger partial charge in [-0.1, -0.05) is 48.5 Å². The molecule has 0 saturated carbocycles. The number of carbonyl (C=O) groups excluding carboxylic acids is 1. The number of hydrogen-bond acceptors (Lipinski definition) is 3. The predicted octanol–water partition coefficient (Wildman–Crippen LogP) is 6.28. The molecule has 0 fully saturated rings. The minimum atomic E-state index is -0.0791. The maximum Gasteiger partial charge on any atom is 0.254 e. The summed E-state index contributed by atoms with van der Waals surface area (Å²) in [6.07, 6.45) is 0. The van der Waals surface area contributed by atoms with E-state index < -0.39 is 0 Å². The fraction of sp³-hybridized carbons (Fsp3) is 0.172. The Morgan fingerprint density at radius 1 is 0.848 bits per heavy atom. The molecule has 0 aliphatic heterocycles. The smallest absolute Gasteiger partial charge is 0.254 e. The maximum atomic E-state index is 13.3. The van der Waals surface area contributed by atoms with Gasteiger partial charge in [0, 0.05) is 32.4 Å². The summed E-state index contributed by atoms with van der Waals surface area (Å²) in [5.41, 5.74) is 5.59. The Hall–Kier alpha value is -4.10. The van der Waals surface area contributed by atoms with Gasteiger partial charge in [-0.05, 0) is 70.8 Å². The largest absolute Gasteiger partial charge is 0.378 e. The van der Waals surface area contributed by atoms with Crippen LogP contribution in [-0.4, -0.2) is 32.0 Å². The zero-order valence-corrected chi connectivity index (χ0v) is 19.4. The molecule has 4 aromatic rings. The first kappa shape index (κ1) is 22.1. The van der Waals surface area contributed by atoms with Crippen molar-refractivity contribution >= 4 is 22.4 Å². The highest BCUT2D eigenvalue weighted by Gasteiger charge is 2.20. The fourth-order valence-electron chi connectivity index (χ4n) is 4.07. The van der Waals surface area contributed by atoms with Crippen molar-refractivity contribution in [2.24, 2.45) is 0 Å². The summed E-state index contributed by atoms with van der Waals surface area (Å²) >= 11 is 0. The molecule has 4 rings (SSSR count). The Labute approximate surface area is 195 Å². The highest BCUT2D eigenvalue weighted by atomic mass is 16.2. The molecule has 33 heavy (non-hydrogen) atoms. The summed E-state index contributed by atoms with van der Waals surface area (Å²) in [4.78, 5) is 17.1. The third kappa shape index (κ3) is 4.44. The predicted molar refractivity (Wildman–Crippen MR) is 135 cm³/mol. The molecular weight excluding hydrogens is 406 g/mol. The molecule has 0 radical (unpaired) electrons. The average Bonchev–Trinajstić information content (AvgIpc) is 2.86. The molecule has 1 amide bonds. The van der Waals surface area contributed by atoms with Gasteiger partial charge in [0.05, 0.1) is 17.7 Å². The molecule has 0 saturated heterocycles. The molecule has 0 aromatic heterocycles. The molecule has 1 atom stereocenters. The van der Waals surface area contributed by atoms with Crippen molar-refractivity contribution in [3.8, 4) is 17.2 Å². The van der Waals surface area contributed by atoms with Crippen LogP contribution in [0.1, 0.15) is 34.5 Å². The Bertz CT molecular complexity index is 1330. The second-order valence-corrected chi connectivity index (χ2v) is 8.51. The Morgan fingerprint density at radius 3 is 2.09 bits per heavy atom. The zero-order chi connectivity index (χ0) is 23.5. The molecule has 0 aliphatic rings. The van der Waals surface area contributed by atoms with Crippen molar-refractivity contribution in [1.82, 2.24) is 4.90 Å². The van der Waals surface area contributed by atoms with Gasteiger partial charge in [-0.25, -0.2) is 0 Å². The van der Waals surface area contributed by atoms with Crippen LogP contribution in [0.2, 0.25) is 0 Å². The number of nitriles is 1. The Balaban J connectivity index is 1.57. The van der Waals surface area contributed by atoms with E-state index in [1.807, 2.05) is 57.5 Å². The Morgan fingerprint density at radius 2 is 1.48 bits per heavy atom. The van der Waals surface area contributed by atoms with Gasteiger partial charge in [-0.15, -0.1) is 0 Å². The van der Waals surface area contributed by atoms with E-state index in [-0.39, 0.29) is 11.9 Å². The minimum absolute atomic E-state index is 0.0178. The van der Waals surface area contributed by atoms with Crippen molar-refractivity contribution in [3.63, 3.8) is 0 Å². The lowest BCUT2D eigenvalue weighted by Gasteiger charge is -2.27. The zero-order valence-electron chi connectivity index (χ0n) is 19.4. The van der Waals surface area contributed by atoms with Gasteiger partial charge < -0.3 is 9.80 Å². The highest BCUT2D eigenvalue weighted by Crippen LogP contribution is 2.31. The van der Waals surface area contributed by atoms with Crippen LogP contribution >= 0.6 is 0 Å². The number of amides is 1. The van der Waals surface area contributed by atoms with Gasteiger partial charge in [0.25, 0.3) is 5.91 Å². The van der Waals surface area contributed by atoms with Crippen molar-refractivity contribution in [2.75, 3.05) is 26.0 Å². The summed E-state index contributed by atoms with van der Waals surface area (Å²) in [7, 11) is 5.92. The van der Waals surface area contributed by atoms with E-state index in [0.717, 1.165) is 33.2 Å². The molecule has 1 unspecified atom stereocenters. The van der Waals surface area contributed by atoms with Gasteiger partial charge in [-0.3, -0.25) is 4.79 Å². The van der Waals surface area contributed by atoms with Crippen LogP contribution in [0.25, 0.3) is 21.9 Å². The molecule has 0 heterocycles. The minimum Gasteiger partial charge on any atom is -0.378 e. The monoisotopic (exact) mass is 433 g/mol. The third-order valence-corrected chi connectivity index (χ3v) is 6.24. The topological polar surface area (TPSA) is 47.3 Å². The normalized spacial score (nSPS) is 11.6. The molecule has 0 N–H and O–H groups in total. The number of carbonyl (C=O) groups is 1. The van der Waals surface area contributed by atoms with Crippen LogP contribution in [0, 0.1) is 11.3 Å². The van der Waals surface area contributed by atoms with Crippen LogP contribution in [0.15, 0.2) is 84.9 Å². The number of rotatable bonds is 5. The van der Waals surface area contributed by atoms with E-state index >= 15 is 0 Å². The number of nitrogens with zero attached hydrogens (tertiary/aromatic N) is 3. The van der Waals surface area contributed by atoms with E-state index in [2.05, 4.69) is 54.3 Å². The summed E-state index contributed by atoms with van der Waals surface area (Å²) in [6, 6.07) is 29.8. The van der Waals surface area contributed by atoms with Gasteiger partial charge in [-0.2, -0.15) is 5.26 Å². The van der Waals surface area contributed by atoms with E-state index in [9.17, 15) is 4.79 Å². The first-order valence-electron chi connectivity index (χ1n) is 11.0. The Kier molecular flexibility index (Phi) is 6.15. The molecule has 0 spiro atoms. The molecule has 4 aromatic carbocycles. The molecule has 4 nitrogen and oxygen atoms in total. The maximum absolute atomic E-state index is 13.3. The van der Waals surface area contributed by atoms with Crippen LogP contribution in [0.4, 0.5) is 5.69 Å². The summed E-state index contributed by atoms with van der Waals surface area (Å²) < 4.78 is 0. The van der Waals surface area contributed by atoms with Gasteiger partial charge in [0.2, 0.25) is 0 Å². The van der Waals surface area contributed by atoms with Crippen molar-refractivity contribution in [3.05, 3.63) is 102 Å². The van der Waals surface area contributed by atoms with E-state index in [4.69, 9.17) is 5.26 Å². The molecule has 164 valence electrons. The molecule has 0 bridgehead atoms. The van der Waals surface area contributed by atoms with Crippen LogP contribution < -0.4 is 4.90 Å². The molecule has 0 aliphatic carbocycles.